The average molecular weight is 305 g/mol. The SMILES string of the molecule is CSCCC(NC(N)=O)C(=O)NC(C)CCCC(=O)O. The van der Waals surface area contributed by atoms with Crippen LogP contribution in [0.1, 0.15) is 32.6 Å². The minimum atomic E-state index is -0.850. The first-order chi connectivity index (χ1) is 9.36. The van der Waals surface area contributed by atoms with Crippen LogP contribution in [0.15, 0.2) is 0 Å². The van der Waals surface area contributed by atoms with Gasteiger partial charge in [0.25, 0.3) is 0 Å². The van der Waals surface area contributed by atoms with E-state index < -0.39 is 18.0 Å². The van der Waals surface area contributed by atoms with Crippen LogP contribution in [0.4, 0.5) is 4.79 Å². The predicted molar refractivity (Wildman–Crippen MR) is 78.6 cm³/mol. The van der Waals surface area contributed by atoms with Gasteiger partial charge in [-0.2, -0.15) is 11.8 Å². The summed E-state index contributed by atoms with van der Waals surface area (Å²) in [6.07, 6.45) is 3.56. The van der Waals surface area contributed by atoms with Gasteiger partial charge in [-0.1, -0.05) is 0 Å². The van der Waals surface area contributed by atoms with Gasteiger partial charge in [0.05, 0.1) is 0 Å². The summed E-state index contributed by atoms with van der Waals surface area (Å²) in [5.41, 5.74) is 5.05. The fourth-order valence-electron chi connectivity index (χ4n) is 1.65. The number of urea groups is 1. The van der Waals surface area contributed by atoms with E-state index in [2.05, 4.69) is 10.6 Å². The van der Waals surface area contributed by atoms with Gasteiger partial charge in [-0.3, -0.25) is 9.59 Å². The standard InChI is InChI=1S/C12H23N3O4S/c1-8(4-3-5-10(16)17)14-11(18)9(6-7-20-2)15-12(13)19/h8-9H,3-7H2,1-2H3,(H,14,18)(H,16,17)(H3,13,15,19). The van der Waals surface area contributed by atoms with Crippen LogP contribution in [0, 0.1) is 0 Å². The first-order valence-corrected chi connectivity index (χ1v) is 7.83. The van der Waals surface area contributed by atoms with Crippen molar-refractivity contribution < 1.29 is 19.5 Å². The van der Waals surface area contributed by atoms with Gasteiger partial charge >= 0.3 is 12.0 Å². The Labute approximate surface area is 123 Å². The number of nitrogens with two attached hydrogens (primary N) is 1. The summed E-state index contributed by atoms with van der Waals surface area (Å²) in [5, 5.41) is 13.7. The quantitative estimate of drug-likeness (QED) is 0.469. The number of primary amides is 1. The highest BCUT2D eigenvalue weighted by Crippen LogP contribution is 2.04. The van der Waals surface area contributed by atoms with Crippen LogP contribution in [0.25, 0.3) is 0 Å². The van der Waals surface area contributed by atoms with Crippen molar-refractivity contribution in [2.75, 3.05) is 12.0 Å². The number of hydrogen-bond donors (Lipinski definition) is 4. The van der Waals surface area contributed by atoms with Gasteiger partial charge in [0.15, 0.2) is 0 Å². The predicted octanol–water partition coefficient (Wildman–Crippen LogP) is 0.536. The normalized spacial score (nSPS) is 13.3. The van der Waals surface area contributed by atoms with Gasteiger partial charge < -0.3 is 21.5 Å². The largest absolute Gasteiger partial charge is 0.481 e. The Morgan fingerprint density at radius 2 is 1.90 bits per heavy atom. The molecule has 0 aliphatic heterocycles. The molecule has 0 aromatic carbocycles. The van der Waals surface area contributed by atoms with Gasteiger partial charge in [0.2, 0.25) is 5.91 Å². The molecule has 0 fully saturated rings. The lowest BCUT2D eigenvalue weighted by atomic mass is 10.1. The Morgan fingerprint density at radius 3 is 2.40 bits per heavy atom. The summed E-state index contributed by atoms with van der Waals surface area (Å²) in [5.74, 6) is -0.413. The zero-order chi connectivity index (χ0) is 15.5. The molecule has 2 atom stereocenters. The van der Waals surface area contributed by atoms with Crippen LogP contribution in [0.5, 0.6) is 0 Å². The second-order valence-corrected chi connectivity index (χ2v) is 5.52. The number of carboxylic acids is 1. The van der Waals surface area contributed by atoms with Crippen molar-refractivity contribution in [2.45, 2.75) is 44.7 Å². The van der Waals surface area contributed by atoms with Crippen molar-refractivity contribution in [3.63, 3.8) is 0 Å². The lowest BCUT2D eigenvalue weighted by molar-refractivity contribution is -0.137. The number of carboxylic acid groups (broad SMARTS) is 1. The average Bonchev–Trinajstić information content (AvgIpc) is 2.33. The third-order valence-electron chi connectivity index (χ3n) is 2.66. The lowest BCUT2D eigenvalue weighted by Gasteiger charge is -2.20. The van der Waals surface area contributed by atoms with E-state index in [1.807, 2.05) is 6.26 Å². The molecule has 0 aromatic heterocycles. The summed E-state index contributed by atoms with van der Waals surface area (Å²) in [6.45, 7) is 1.80. The maximum Gasteiger partial charge on any atom is 0.312 e. The first kappa shape index (κ1) is 18.6. The third-order valence-corrected chi connectivity index (χ3v) is 3.30. The number of rotatable bonds is 10. The molecule has 0 bridgehead atoms. The Morgan fingerprint density at radius 1 is 1.25 bits per heavy atom. The number of amides is 3. The topological polar surface area (TPSA) is 122 Å². The molecule has 3 amide bonds. The molecule has 7 nitrogen and oxygen atoms in total. The van der Waals surface area contributed by atoms with Crippen molar-refractivity contribution in [3.05, 3.63) is 0 Å². The molecule has 8 heteroatoms. The Bertz CT molecular complexity index is 339. The zero-order valence-corrected chi connectivity index (χ0v) is 12.7. The fraction of sp³-hybridized carbons (Fsp3) is 0.750. The van der Waals surface area contributed by atoms with E-state index >= 15 is 0 Å². The van der Waals surface area contributed by atoms with Crippen LogP contribution in [0.2, 0.25) is 0 Å². The van der Waals surface area contributed by atoms with E-state index in [0.717, 1.165) is 5.75 Å². The van der Waals surface area contributed by atoms with E-state index in [1.165, 1.54) is 0 Å². The van der Waals surface area contributed by atoms with Gasteiger partial charge in [0, 0.05) is 12.5 Å². The van der Waals surface area contributed by atoms with E-state index in [-0.39, 0.29) is 18.4 Å². The van der Waals surface area contributed by atoms with Crippen LogP contribution < -0.4 is 16.4 Å². The maximum absolute atomic E-state index is 12.0. The van der Waals surface area contributed by atoms with E-state index in [1.54, 1.807) is 18.7 Å². The van der Waals surface area contributed by atoms with Gasteiger partial charge in [-0.15, -0.1) is 0 Å². The van der Waals surface area contributed by atoms with E-state index in [0.29, 0.717) is 19.3 Å². The van der Waals surface area contributed by atoms with Gasteiger partial charge in [-0.25, -0.2) is 4.79 Å². The number of hydrogen-bond acceptors (Lipinski definition) is 4. The summed E-state index contributed by atoms with van der Waals surface area (Å²) in [4.78, 5) is 33.3. The summed E-state index contributed by atoms with van der Waals surface area (Å²) >= 11 is 1.57. The molecule has 0 spiro atoms. The Balaban J connectivity index is 4.21. The maximum atomic E-state index is 12.0. The summed E-state index contributed by atoms with van der Waals surface area (Å²) in [6, 6.07) is -1.53. The zero-order valence-electron chi connectivity index (χ0n) is 11.8. The number of carbonyl (C=O) groups is 3. The molecule has 2 unspecified atom stereocenters. The van der Waals surface area contributed by atoms with Crippen molar-refractivity contribution in [1.82, 2.24) is 10.6 Å². The Kier molecular flexibility index (Phi) is 9.61. The fourth-order valence-corrected chi connectivity index (χ4v) is 2.12. The minimum absolute atomic E-state index is 0.0790. The molecular formula is C12H23N3O4S. The van der Waals surface area contributed by atoms with Gasteiger partial charge in [0.1, 0.15) is 6.04 Å². The van der Waals surface area contributed by atoms with Crippen LogP contribution in [-0.2, 0) is 9.59 Å². The molecule has 0 radical (unpaired) electrons. The molecular weight excluding hydrogens is 282 g/mol. The molecule has 5 N–H and O–H groups in total. The molecule has 0 aliphatic rings. The second-order valence-electron chi connectivity index (χ2n) is 4.54. The van der Waals surface area contributed by atoms with E-state index in [9.17, 15) is 14.4 Å². The highest BCUT2D eigenvalue weighted by molar-refractivity contribution is 7.98. The lowest BCUT2D eigenvalue weighted by Crippen LogP contribution is -2.50. The Hall–Kier alpha value is -1.44. The van der Waals surface area contributed by atoms with Crippen LogP contribution >= 0.6 is 11.8 Å². The molecule has 20 heavy (non-hydrogen) atoms. The van der Waals surface area contributed by atoms with Crippen molar-refractivity contribution >= 4 is 29.7 Å². The van der Waals surface area contributed by atoms with Crippen LogP contribution in [-0.4, -0.2) is 47.1 Å². The summed E-state index contributed by atoms with van der Waals surface area (Å²) < 4.78 is 0. The highest BCUT2D eigenvalue weighted by Gasteiger charge is 2.20. The number of nitrogens with one attached hydrogen (secondary N) is 2. The smallest absolute Gasteiger partial charge is 0.312 e. The minimum Gasteiger partial charge on any atom is -0.481 e. The van der Waals surface area contributed by atoms with Gasteiger partial charge in [-0.05, 0) is 38.2 Å². The molecule has 0 aliphatic carbocycles. The first-order valence-electron chi connectivity index (χ1n) is 6.44. The molecule has 0 saturated carbocycles. The number of thioether (sulfide) groups is 1. The monoisotopic (exact) mass is 305 g/mol. The van der Waals surface area contributed by atoms with Crippen molar-refractivity contribution in [1.29, 1.82) is 0 Å². The molecule has 0 heterocycles. The molecule has 0 rings (SSSR count). The molecule has 116 valence electrons. The second kappa shape index (κ2) is 10.4. The van der Waals surface area contributed by atoms with Crippen molar-refractivity contribution in [2.24, 2.45) is 5.73 Å². The van der Waals surface area contributed by atoms with E-state index in [4.69, 9.17) is 10.8 Å². The number of aliphatic carboxylic acids is 1. The van der Waals surface area contributed by atoms with Crippen LogP contribution in [0.3, 0.4) is 0 Å². The highest BCUT2D eigenvalue weighted by atomic mass is 32.2. The summed E-state index contributed by atoms with van der Waals surface area (Å²) in [7, 11) is 0. The number of carbonyl (C=O) groups excluding carboxylic acids is 2. The molecule has 0 aromatic rings. The third kappa shape index (κ3) is 9.48. The molecule has 0 saturated heterocycles. The van der Waals surface area contributed by atoms with Crippen molar-refractivity contribution in [3.8, 4) is 0 Å².